The average Bonchev–Trinajstić information content (AvgIpc) is 2.68. The highest BCUT2D eigenvalue weighted by Gasteiger charge is 2.37. The molecule has 1 unspecified atom stereocenters. The lowest BCUT2D eigenvalue weighted by molar-refractivity contribution is -0.141. The number of hydrazone groups is 1. The molecule has 6 nitrogen and oxygen atoms in total. The van der Waals surface area contributed by atoms with Gasteiger partial charge in [-0.15, -0.1) is 0 Å². The fraction of sp³-hybridized carbons (Fsp3) is 0.600. The van der Waals surface area contributed by atoms with Gasteiger partial charge in [0.2, 0.25) is 5.91 Å². The number of carbonyl (C=O) groups is 1. The molecule has 1 saturated heterocycles. The number of hydrogen-bond acceptors (Lipinski definition) is 5. The van der Waals surface area contributed by atoms with Crippen molar-refractivity contribution >= 4 is 11.6 Å². The summed E-state index contributed by atoms with van der Waals surface area (Å²) >= 11 is 0. The molecule has 26 heavy (non-hydrogen) atoms. The van der Waals surface area contributed by atoms with E-state index in [9.17, 15) is 4.79 Å². The fourth-order valence-electron chi connectivity index (χ4n) is 4.33. The third kappa shape index (κ3) is 3.18. The lowest BCUT2D eigenvalue weighted by Gasteiger charge is -2.43. The standard InChI is InChI=1S/C20H27N3O3/c1-25-18-10-14-8-9-22-13-23(21-15-6-4-3-5-7-15)20(24)12-17(22)16(14)11-19(18)26-2/h10-11,17H,3-9,12-13H2,1-2H3. The second-order valence-corrected chi connectivity index (χ2v) is 7.35. The van der Waals surface area contributed by atoms with Gasteiger partial charge in [0, 0.05) is 24.7 Å². The number of methoxy groups -OCH3 is 2. The first-order valence-electron chi connectivity index (χ1n) is 9.55. The summed E-state index contributed by atoms with van der Waals surface area (Å²) < 4.78 is 10.9. The number of ether oxygens (including phenoxy) is 2. The highest BCUT2D eigenvalue weighted by molar-refractivity contribution is 5.87. The molecule has 0 bridgehead atoms. The Morgan fingerprint density at radius 3 is 2.50 bits per heavy atom. The lowest BCUT2D eigenvalue weighted by atomic mass is 9.89. The van der Waals surface area contributed by atoms with Crippen molar-refractivity contribution in [3.8, 4) is 11.5 Å². The molecule has 2 fully saturated rings. The first kappa shape index (κ1) is 17.3. The zero-order valence-corrected chi connectivity index (χ0v) is 15.7. The Kier molecular flexibility index (Phi) is 4.85. The van der Waals surface area contributed by atoms with Gasteiger partial charge in [-0.25, -0.2) is 5.01 Å². The van der Waals surface area contributed by atoms with E-state index in [1.165, 1.54) is 36.1 Å². The van der Waals surface area contributed by atoms with Gasteiger partial charge in [-0.05, 0) is 55.4 Å². The highest BCUT2D eigenvalue weighted by Crippen LogP contribution is 2.41. The van der Waals surface area contributed by atoms with Crippen LogP contribution in [-0.2, 0) is 11.2 Å². The van der Waals surface area contributed by atoms with E-state index in [0.29, 0.717) is 13.1 Å². The summed E-state index contributed by atoms with van der Waals surface area (Å²) in [7, 11) is 3.31. The third-order valence-corrected chi connectivity index (χ3v) is 5.78. The molecule has 6 heteroatoms. The van der Waals surface area contributed by atoms with Gasteiger partial charge in [0.1, 0.15) is 0 Å². The minimum atomic E-state index is 0.105. The molecule has 1 aromatic rings. The topological polar surface area (TPSA) is 54.4 Å². The molecule has 4 rings (SSSR count). The molecule has 0 spiro atoms. The number of fused-ring (bicyclic) bond motifs is 3. The molecule has 0 N–H and O–H groups in total. The number of amides is 1. The smallest absolute Gasteiger partial charge is 0.245 e. The van der Waals surface area contributed by atoms with E-state index in [0.717, 1.165) is 37.3 Å². The minimum absolute atomic E-state index is 0.105. The van der Waals surface area contributed by atoms with Crippen molar-refractivity contribution in [1.29, 1.82) is 0 Å². The summed E-state index contributed by atoms with van der Waals surface area (Å²) in [5, 5.41) is 6.40. The van der Waals surface area contributed by atoms with Gasteiger partial charge < -0.3 is 9.47 Å². The van der Waals surface area contributed by atoms with Crippen molar-refractivity contribution in [1.82, 2.24) is 9.91 Å². The fourth-order valence-corrected chi connectivity index (χ4v) is 4.33. The van der Waals surface area contributed by atoms with Gasteiger partial charge in [0.05, 0.1) is 20.9 Å². The first-order valence-corrected chi connectivity index (χ1v) is 9.55. The van der Waals surface area contributed by atoms with Crippen LogP contribution in [0.5, 0.6) is 11.5 Å². The van der Waals surface area contributed by atoms with Gasteiger partial charge in [-0.3, -0.25) is 9.69 Å². The van der Waals surface area contributed by atoms with E-state index in [1.54, 1.807) is 19.2 Å². The van der Waals surface area contributed by atoms with Crippen LogP contribution < -0.4 is 9.47 Å². The van der Waals surface area contributed by atoms with E-state index in [2.05, 4.69) is 11.0 Å². The molecule has 1 saturated carbocycles. The summed E-state index contributed by atoms with van der Waals surface area (Å²) in [5.41, 5.74) is 3.63. The summed E-state index contributed by atoms with van der Waals surface area (Å²) in [4.78, 5) is 15.1. The maximum atomic E-state index is 12.7. The van der Waals surface area contributed by atoms with Gasteiger partial charge in [0.15, 0.2) is 11.5 Å². The van der Waals surface area contributed by atoms with Crippen molar-refractivity contribution in [2.45, 2.75) is 51.0 Å². The predicted molar refractivity (Wildman–Crippen MR) is 99.5 cm³/mol. The van der Waals surface area contributed by atoms with Crippen molar-refractivity contribution in [2.75, 3.05) is 27.4 Å². The zero-order chi connectivity index (χ0) is 18.1. The molecule has 1 amide bonds. The Labute approximate surface area is 154 Å². The molecule has 2 heterocycles. The van der Waals surface area contributed by atoms with Crippen LogP contribution in [0.15, 0.2) is 17.2 Å². The van der Waals surface area contributed by atoms with Crippen LogP contribution in [0.4, 0.5) is 0 Å². The van der Waals surface area contributed by atoms with E-state index in [4.69, 9.17) is 14.6 Å². The number of rotatable bonds is 3. The lowest BCUT2D eigenvalue weighted by Crippen LogP contribution is -2.50. The van der Waals surface area contributed by atoms with Crippen LogP contribution in [0, 0.1) is 0 Å². The molecule has 140 valence electrons. The Morgan fingerprint density at radius 1 is 1.04 bits per heavy atom. The average molecular weight is 357 g/mol. The van der Waals surface area contributed by atoms with Gasteiger partial charge >= 0.3 is 0 Å². The highest BCUT2D eigenvalue weighted by atomic mass is 16.5. The Bertz CT molecular complexity index is 723. The largest absolute Gasteiger partial charge is 0.493 e. The third-order valence-electron chi connectivity index (χ3n) is 5.78. The normalized spacial score (nSPS) is 23.3. The molecular formula is C20H27N3O3. The maximum Gasteiger partial charge on any atom is 0.245 e. The van der Waals surface area contributed by atoms with Crippen LogP contribution in [0.3, 0.4) is 0 Å². The molecule has 0 aromatic heterocycles. The van der Waals surface area contributed by atoms with Crippen LogP contribution in [0.2, 0.25) is 0 Å². The zero-order valence-electron chi connectivity index (χ0n) is 15.7. The monoisotopic (exact) mass is 357 g/mol. The van der Waals surface area contributed by atoms with Crippen LogP contribution >= 0.6 is 0 Å². The van der Waals surface area contributed by atoms with Gasteiger partial charge in [-0.1, -0.05) is 6.42 Å². The molecule has 0 radical (unpaired) electrons. The quantitative estimate of drug-likeness (QED) is 0.834. The summed E-state index contributed by atoms with van der Waals surface area (Å²) in [6.45, 7) is 1.52. The summed E-state index contributed by atoms with van der Waals surface area (Å²) in [6.07, 6.45) is 7.16. The van der Waals surface area contributed by atoms with Crippen molar-refractivity contribution in [2.24, 2.45) is 5.10 Å². The Morgan fingerprint density at radius 2 is 1.77 bits per heavy atom. The predicted octanol–water partition coefficient (Wildman–Crippen LogP) is 3.11. The van der Waals surface area contributed by atoms with Crippen molar-refractivity contribution in [3.05, 3.63) is 23.3 Å². The molecule has 2 aliphatic heterocycles. The van der Waals surface area contributed by atoms with Crippen molar-refractivity contribution < 1.29 is 14.3 Å². The van der Waals surface area contributed by atoms with Crippen LogP contribution in [0.1, 0.15) is 55.7 Å². The molecule has 1 aliphatic carbocycles. The number of benzene rings is 1. The van der Waals surface area contributed by atoms with E-state index < -0.39 is 0 Å². The van der Waals surface area contributed by atoms with Crippen LogP contribution in [-0.4, -0.2) is 49.0 Å². The van der Waals surface area contributed by atoms with E-state index >= 15 is 0 Å². The molecule has 1 atom stereocenters. The Balaban J connectivity index is 1.57. The minimum Gasteiger partial charge on any atom is -0.493 e. The second-order valence-electron chi connectivity index (χ2n) is 7.35. The van der Waals surface area contributed by atoms with E-state index in [1.807, 2.05) is 6.07 Å². The van der Waals surface area contributed by atoms with Crippen LogP contribution in [0.25, 0.3) is 0 Å². The Hall–Kier alpha value is -2.08. The van der Waals surface area contributed by atoms with Crippen molar-refractivity contribution in [3.63, 3.8) is 0 Å². The van der Waals surface area contributed by atoms with Gasteiger partial charge in [-0.2, -0.15) is 5.10 Å². The number of hydrogen-bond donors (Lipinski definition) is 0. The first-order chi connectivity index (χ1) is 12.7. The maximum absolute atomic E-state index is 12.7. The van der Waals surface area contributed by atoms with E-state index in [-0.39, 0.29) is 11.9 Å². The van der Waals surface area contributed by atoms with Gasteiger partial charge in [0.25, 0.3) is 0 Å². The summed E-state index contributed by atoms with van der Waals surface area (Å²) in [6, 6.07) is 4.21. The number of nitrogens with zero attached hydrogens (tertiary/aromatic N) is 3. The molecule has 1 aromatic carbocycles. The molecular weight excluding hydrogens is 330 g/mol. The second kappa shape index (κ2) is 7.27. The summed E-state index contributed by atoms with van der Waals surface area (Å²) in [5.74, 6) is 1.60. The SMILES string of the molecule is COc1cc2c(cc1OC)C1CC(=O)N(N=C3CCCCC3)CN1CC2. The molecule has 3 aliphatic rings. The number of carbonyl (C=O) groups excluding carboxylic acids is 1.